The maximum absolute atomic E-state index is 13.6. The van der Waals surface area contributed by atoms with Gasteiger partial charge in [-0.1, -0.05) is 73.8 Å². The average molecular weight is 572 g/mol. The van der Waals surface area contributed by atoms with E-state index in [2.05, 4.69) is 72.7 Å². The molecule has 5 aromatic carbocycles. The van der Waals surface area contributed by atoms with Gasteiger partial charge in [-0.15, -0.1) is 0 Å². The normalized spacial score (nSPS) is 12.5. The minimum absolute atomic E-state index is 0.0314. The Morgan fingerprint density at radius 2 is 1.48 bits per heavy atom. The minimum atomic E-state index is -0.0314. The van der Waals surface area contributed by atoms with Crippen LogP contribution in [0, 0.1) is 0 Å². The highest BCUT2D eigenvalue weighted by Crippen LogP contribution is 2.42. The minimum Gasteiger partial charge on any atom is -0.456 e. The molecule has 0 saturated heterocycles. The largest absolute Gasteiger partial charge is 0.456 e. The lowest BCUT2D eigenvalue weighted by atomic mass is 9.97. The molecule has 0 spiro atoms. The Hall–Kier alpha value is -5.81. The van der Waals surface area contributed by atoms with Crippen molar-refractivity contribution in [2.45, 2.75) is 6.92 Å². The third-order valence-electron chi connectivity index (χ3n) is 8.67. The molecule has 8 rings (SSSR count). The van der Waals surface area contributed by atoms with Gasteiger partial charge in [-0.25, -0.2) is 0 Å². The van der Waals surface area contributed by atoms with E-state index in [1.165, 1.54) is 0 Å². The number of anilines is 3. The molecule has 5 heteroatoms. The van der Waals surface area contributed by atoms with Crippen molar-refractivity contribution in [2.24, 2.45) is 0 Å². The van der Waals surface area contributed by atoms with Gasteiger partial charge in [0.1, 0.15) is 17.0 Å². The zero-order valence-electron chi connectivity index (χ0n) is 24.5. The summed E-state index contributed by atoms with van der Waals surface area (Å²) in [5.74, 6) is 0.809. The molecule has 44 heavy (non-hydrogen) atoms. The van der Waals surface area contributed by atoms with Gasteiger partial charge in [-0.05, 0) is 78.0 Å². The number of nitrogens with zero attached hydrogens (tertiary/aromatic N) is 3. The van der Waals surface area contributed by atoms with Crippen molar-refractivity contribution in [1.29, 1.82) is 0 Å². The van der Waals surface area contributed by atoms with Crippen molar-refractivity contribution >= 4 is 55.6 Å². The summed E-state index contributed by atoms with van der Waals surface area (Å²) in [7, 11) is 1.96. The molecule has 0 N–H and O–H groups in total. The van der Waals surface area contributed by atoms with E-state index in [1.54, 1.807) is 4.57 Å². The van der Waals surface area contributed by atoms with E-state index in [1.807, 2.05) is 79.5 Å². The molecule has 0 bridgehead atoms. The Morgan fingerprint density at radius 1 is 0.773 bits per heavy atom. The van der Waals surface area contributed by atoms with Crippen molar-refractivity contribution in [3.8, 4) is 16.8 Å². The lowest BCUT2D eigenvalue weighted by Gasteiger charge is -2.33. The fraction of sp³-hybridized carbons (Fsp3) is 0.0513. The van der Waals surface area contributed by atoms with Gasteiger partial charge in [0.25, 0.3) is 5.56 Å². The van der Waals surface area contributed by atoms with Gasteiger partial charge in [0.15, 0.2) is 0 Å². The molecule has 0 amide bonds. The highest BCUT2D eigenvalue weighted by atomic mass is 16.3. The zero-order valence-corrected chi connectivity index (χ0v) is 24.5. The van der Waals surface area contributed by atoms with Crippen LogP contribution in [0.25, 0.3) is 55.2 Å². The topological polar surface area (TPSA) is 41.6 Å². The fourth-order valence-electron chi connectivity index (χ4n) is 6.50. The van der Waals surface area contributed by atoms with Crippen molar-refractivity contribution < 1.29 is 4.42 Å². The second-order valence-electron chi connectivity index (χ2n) is 11.3. The van der Waals surface area contributed by atoms with E-state index in [-0.39, 0.29) is 5.56 Å². The molecule has 1 aliphatic rings. The molecule has 212 valence electrons. The number of fused-ring (bicyclic) bond motifs is 7. The molecule has 0 radical (unpaired) electrons. The second-order valence-corrected chi connectivity index (χ2v) is 11.3. The van der Waals surface area contributed by atoms with E-state index >= 15 is 0 Å². The average Bonchev–Trinajstić information content (AvgIpc) is 3.43. The number of aromatic nitrogens is 1. The summed E-state index contributed by atoms with van der Waals surface area (Å²) in [6, 6.07) is 38.8. The summed E-state index contributed by atoms with van der Waals surface area (Å²) >= 11 is 0. The van der Waals surface area contributed by atoms with Crippen molar-refractivity contribution in [1.82, 2.24) is 4.57 Å². The number of para-hydroxylation sites is 1. The summed E-state index contributed by atoms with van der Waals surface area (Å²) in [5.41, 5.74) is 9.35. The number of pyridine rings is 1. The predicted octanol–water partition coefficient (Wildman–Crippen LogP) is 9.65. The second kappa shape index (κ2) is 9.61. The van der Waals surface area contributed by atoms with Gasteiger partial charge in [0.2, 0.25) is 0 Å². The van der Waals surface area contributed by atoms with E-state index in [9.17, 15) is 4.79 Å². The third-order valence-corrected chi connectivity index (χ3v) is 8.67. The Bertz CT molecular complexity index is 2380. The molecule has 3 heterocycles. The van der Waals surface area contributed by atoms with Crippen molar-refractivity contribution in [3.63, 3.8) is 0 Å². The van der Waals surface area contributed by atoms with Gasteiger partial charge in [0.05, 0.1) is 16.8 Å². The van der Waals surface area contributed by atoms with E-state index < -0.39 is 0 Å². The van der Waals surface area contributed by atoms with Crippen LogP contribution in [0.3, 0.4) is 0 Å². The van der Waals surface area contributed by atoms with E-state index in [0.29, 0.717) is 5.39 Å². The number of rotatable bonds is 4. The van der Waals surface area contributed by atoms with Gasteiger partial charge >= 0.3 is 0 Å². The lowest BCUT2D eigenvalue weighted by molar-refractivity contribution is 0.669. The molecule has 0 atom stereocenters. The number of hydrogen-bond acceptors (Lipinski definition) is 4. The highest BCUT2D eigenvalue weighted by molar-refractivity contribution is 6.12. The first kappa shape index (κ1) is 25.9. The Morgan fingerprint density at radius 3 is 2.27 bits per heavy atom. The Kier molecular flexibility index (Phi) is 5.65. The van der Waals surface area contributed by atoms with Crippen LogP contribution >= 0.6 is 0 Å². The number of benzene rings is 5. The van der Waals surface area contributed by atoms with Crippen LogP contribution < -0.4 is 15.4 Å². The fourth-order valence-corrected chi connectivity index (χ4v) is 6.50. The van der Waals surface area contributed by atoms with Gasteiger partial charge in [0, 0.05) is 40.5 Å². The molecule has 0 unspecified atom stereocenters. The van der Waals surface area contributed by atoms with Crippen molar-refractivity contribution in [2.75, 3.05) is 16.8 Å². The zero-order chi connectivity index (χ0) is 30.1. The Labute approximate surface area is 254 Å². The lowest BCUT2D eigenvalue weighted by Crippen LogP contribution is -2.32. The van der Waals surface area contributed by atoms with Crippen molar-refractivity contribution in [3.05, 3.63) is 150 Å². The van der Waals surface area contributed by atoms with Crippen LogP contribution in [0.2, 0.25) is 0 Å². The van der Waals surface area contributed by atoms with Crippen LogP contribution in [0.1, 0.15) is 12.5 Å². The van der Waals surface area contributed by atoms with Gasteiger partial charge in [-0.2, -0.15) is 0 Å². The van der Waals surface area contributed by atoms with Crippen LogP contribution in [-0.4, -0.2) is 11.6 Å². The maximum Gasteiger partial charge on any atom is 0.264 e. The Balaban J connectivity index is 1.21. The third kappa shape index (κ3) is 3.76. The van der Waals surface area contributed by atoms with Crippen LogP contribution in [-0.2, 0) is 0 Å². The molecule has 1 aliphatic heterocycles. The summed E-state index contributed by atoms with van der Waals surface area (Å²) in [5, 5.41) is 3.76. The van der Waals surface area contributed by atoms with Gasteiger partial charge < -0.3 is 14.2 Å². The summed E-state index contributed by atoms with van der Waals surface area (Å²) in [6.45, 7) is 10.7. The molecule has 0 saturated carbocycles. The number of allylic oxidation sites excluding steroid dienone is 1. The summed E-state index contributed by atoms with van der Waals surface area (Å²) in [4.78, 5) is 17.8. The molecule has 0 fully saturated rings. The first-order valence-electron chi connectivity index (χ1n) is 14.6. The highest BCUT2D eigenvalue weighted by Gasteiger charge is 2.25. The quantitative estimate of drug-likeness (QED) is 0.211. The van der Waals surface area contributed by atoms with E-state index in [0.717, 1.165) is 78.3 Å². The monoisotopic (exact) mass is 571 g/mol. The molecular formula is C39H29N3O2. The SMILES string of the molecule is C=C1c2cc(-c3ccc(N(C(=C)C)c4cccc5oc6ccccc6c45)cc3)ccc2-n2c(cc3ccccc3c2=O)N1C. The van der Waals surface area contributed by atoms with Crippen LogP contribution in [0.15, 0.2) is 143 Å². The van der Waals surface area contributed by atoms with Crippen LogP contribution in [0.5, 0.6) is 0 Å². The van der Waals surface area contributed by atoms with Crippen LogP contribution in [0.4, 0.5) is 17.2 Å². The molecule has 0 aliphatic carbocycles. The molecule has 5 nitrogen and oxygen atoms in total. The molecule has 7 aromatic rings. The first-order chi connectivity index (χ1) is 21.4. The molecular weight excluding hydrogens is 542 g/mol. The van der Waals surface area contributed by atoms with E-state index in [4.69, 9.17) is 4.42 Å². The predicted molar refractivity (Wildman–Crippen MR) is 183 cm³/mol. The maximum atomic E-state index is 13.6. The molecule has 2 aromatic heterocycles. The first-order valence-corrected chi connectivity index (χ1v) is 14.6. The standard InChI is InChI=1S/C39H29N3O2/c1-24(2)41(34-13-9-15-36-38(34)31-12-7-8-14-35(31)44-36)29-19-16-26(17-20-29)27-18-21-33-32(22-27)25(3)40(4)37-23-28-10-5-6-11-30(28)39(43)42(33)37/h5-23H,1,3H2,2,4H3. The summed E-state index contributed by atoms with van der Waals surface area (Å²) in [6.07, 6.45) is 0. The number of hydrogen-bond donors (Lipinski definition) is 0. The van der Waals surface area contributed by atoms with Gasteiger partial charge in [-0.3, -0.25) is 9.36 Å². The number of furan rings is 1. The smallest absolute Gasteiger partial charge is 0.264 e. The summed E-state index contributed by atoms with van der Waals surface area (Å²) < 4.78 is 7.96.